The van der Waals surface area contributed by atoms with Crippen LogP contribution in [0.25, 0.3) is 0 Å². The molecule has 0 aromatic carbocycles. The number of hydrogen-bond acceptors (Lipinski definition) is 4. The molecular formula is C16H23N3O. The molecule has 5 aliphatic rings. The Morgan fingerprint density at radius 1 is 1.05 bits per heavy atom. The largest absolute Gasteiger partial charge is 0.338 e. The highest BCUT2D eigenvalue weighted by Crippen LogP contribution is 2.60. The number of nitrogens with two attached hydrogens (primary N) is 1. The van der Waals surface area contributed by atoms with Crippen molar-refractivity contribution in [3.8, 4) is 0 Å². The quantitative estimate of drug-likeness (QED) is 0.919. The highest BCUT2D eigenvalue weighted by atomic mass is 16.5. The van der Waals surface area contributed by atoms with E-state index < -0.39 is 0 Å². The van der Waals surface area contributed by atoms with Gasteiger partial charge in [0.25, 0.3) is 0 Å². The summed E-state index contributed by atoms with van der Waals surface area (Å²) in [5.74, 6) is 5.02. The second kappa shape index (κ2) is 3.85. The SMILES string of the molecule is NC(c1nc(C23CC4CC(CC(C4)C2)C3)no1)C1CC1. The lowest BCUT2D eigenvalue weighted by molar-refractivity contribution is -0.0103. The predicted molar refractivity (Wildman–Crippen MR) is 73.8 cm³/mol. The highest BCUT2D eigenvalue weighted by molar-refractivity contribution is 5.17. The lowest BCUT2D eigenvalue weighted by Gasteiger charge is -2.55. The third-order valence-corrected chi connectivity index (χ3v) is 6.37. The highest BCUT2D eigenvalue weighted by Gasteiger charge is 2.54. The Hall–Kier alpha value is -0.900. The molecule has 1 heterocycles. The molecule has 20 heavy (non-hydrogen) atoms. The summed E-state index contributed by atoms with van der Waals surface area (Å²) >= 11 is 0. The van der Waals surface area contributed by atoms with Crippen molar-refractivity contribution >= 4 is 0 Å². The van der Waals surface area contributed by atoms with Gasteiger partial charge in [0.1, 0.15) is 0 Å². The molecular weight excluding hydrogens is 250 g/mol. The summed E-state index contributed by atoms with van der Waals surface area (Å²) in [6.07, 6.45) is 10.7. The first-order valence-electron chi connectivity index (χ1n) is 8.31. The maximum atomic E-state index is 6.21. The number of nitrogens with zero attached hydrogens (tertiary/aromatic N) is 2. The summed E-state index contributed by atoms with van der Waals surface area (Å²) in [6.45, 7) is 0. The van der Waals surface area contributed by atoms with Crippen molar-refractivity contribution in [2.24, 2.45) is 29.4 Å². The maximum Gasteiger partial charge on any atom is 0.243 e. The predicted octanol–water partition coefficient (Wildman–Crippen LogP) is 2.95. The Morgan fingerprint density at radius 3 is 2.20 bits per heavy atom. The number of aromatic nitrogens is 2. The molecule has 4 heteroatoms. The van der Waals surface area contributed by atoms with Crippen LogP contribution in [0.3, 0.4) is 0 Å². The van der Waals surface area contributed by atoms with Crippen LogP contribution in [0.2, 0.25) is 0 Å². The summed E-state index contributed by atoms with van der Waals surface area (Å²) < 4.78 is 5.53. The molecule has 6 rings (SSSR count). The molecule has 0 amide bonds. The van der Waals surface area contributed by atoms with E-state index in [2.05, 4.69) is 5.16 Å². The summed E-state index contributed by atoms with van der Waals surface area (Å²) in [7, 11) is 0. The van der Waals surface area contributed by atoms with E-state index in [0.29, 0.717) is 11.8 Å². The van der Waals surface area contributed by atoms with Crippen molar-refractivity contribution < 1.29 is 4.52 Å². The minimum atomic E-state index is -0.0230. The second-order valence-corrected chi connectivity index (χ2v) is 8.02. The molecule has 108 valence electrons. The van der Waals surface area contributed by atoms with Gasteiger partial charge in [-0.15, -0.1) is 0 Å². The first-order valence-corrected chi connectivity index (χ1v) is 8.31. The first kappa shape index (κ1) is 11.7. The average Bonchev–Trinajstić information content (AvgIpc) is 3.12. The van der Waals surface area contributed by atoms with Crippen molar-refractivity contribution in [1.29, 1.82) is 0 Å². The van der Waals surface area contributed by atoms with Crippen LogP contribution in [0.4, 0.5) is 0 Å². The second-order valence-electron chi connectivity index (χ2n) is 8.02. The third kappa shape index (κ3) is 1.63. The molecule has 0 aliphatic heterocycles. The summed E-state index contributed by atoms with van der Waals surface area (Å²) in [6, 6.07) is -0.0230. The van der Waals surface area contributed by atoms with E-state index in [1.54, 1.807) is 0 Å². The van der Waals surface area contributed by atoms with Gasteiger partial charge in [0.05, 0.1) is 6.04 Å². The van der Waals surface area contributed by atoms with Gasteiger partial charge in [0.2, 0.25) is 5.89 Å². The van der Waals surface area contributed by atoms with E-state index in [0.717, 1.165) is 23.6 Å². The van der Waals surface area contributed by atoms with Gasteiger partial charge < -0.3 is 10.3 Å². The van der Waals surface area contributed by atoms with Crippen molar-refractivity contribution in [2.45, 2.75) is 62.8 Å². The van der Waals surface area contributed by atoms with Gasteiger partial charge in [-0.2, -0.15) is 4.98 Å². The zero-order chi connectivity index (χ0) is 13.3. The molecule has 5 aliphatic carbocycles. The zero-order valence-corrected chi connectivity index (χ0v) is 11.9. The Kier molecular flexibility index (Phi) is 2.25. The summed E-state index contributed by atoms with van der Waals surface area (Å²) in [5.41, 5.74) is 6.44. The van der Waals surface area contributed by atoms with Crippen LogP contribution in [0.5, 0.6) is 0 Å². The molecule has 2 N–H and O–H groups in total. The van der Waals surface area contributed by atoms with E-state index in [4.69, 9.17) is 15.2 Å². The van der Waals surface area contributed by atoms with Crippen molar-refractivity contribution in [3.63, 3.8) is 0 Å². The van der Waals surface area contributed by atoms with Gasteiger partial charge in [-0.05, 0) is 75.0 Å². The third-order valence-electron chi connectivity index (χ3n) is 6.37. The fourth-order valence-electron chi connectivity index (χ4n) is 5.63. The zero-order valence-electron chi connectivity index (χ0n) is 11.9. The van der Waals surface area contributed by atoms with Crippen LogP contribution in [0.1, 0.15) is 69.1 Å². The smallest absolute Gasteiger partial charge is 0.243 e. The van der Waals surface area contributed by atoms with E-state index in [1.165, 1.54) is 51.4 Å². The van der Waals surface area contributed by atoms with Crippen LogP contribution in [0, 0.1) is 23.7 Å². The minimum absolute atomic E-state index is 0.0230. The molecule has 0 spiro atoms. The molecule has 1 unspecified atom stereocenters. The van der Waals surface area contributed by atoms with Crippen molar-refractivity contribution in [3.05, 3.63) is 11.7 Å². The molecule has 4 nitrogen and oxygen atoms in total. The van der Waals surface area contributed by atoms with Gasteiger partial charge in [-0.3, -0.25) is 0 Å². The van der Waals surface area contributed by atoms with Gasteiger partial charge in [0.15, 0.2) is 5.82 Å². The van der Waals surface area contributed by atoms with Crippen LogP contribution < -0.4 is 5.73 Å². The molecule has 1 atom stereocenters. The fourth-order valence-corrected chi connectivity index (χ4v) is 5.63. The van der Waals surface area contributed by atoms with Crippen LogP contribution in [0.15, 0.2) is 4.52 Å². The summed E-state index contributed by atoms with van der Waals surface area (Å²) in [4.78, 5) is 4.76. The monoisotopic (exact) mass is 273 g/mol. The topological polar surface area (TPSA) is 64.9 Å². The lowest BCUT2D eigenvalue weighted by atomic mass is 9.49. The van der Waals surface area contributed by atoms with Crippen LogP contribution in [-0.2, 0) is 5.41 Å². The van der Waals surface area contributed by atoms with Crippen molar-refractivity contribution in [1.82, 2.24) is 10.1 Å². The summed E-state index contributed by atoms with van der Waals surface area (Å²) in [5, 5.41) is 4.37. The molecule has 0 radical (unpaired) electrons. The Bertz CT molecular complexity index is 498. The molecule has 4 bridgehead atoms. The Balaban J connectivity index is 1.47. The van der Waals surface area contributed by atoms with Crippen LogP contribution in [-0.4, -0.2) is 10.1 Å². The fraction of sp³-hybridized carbons (Fsp3) is 0.875. The van der Waals surface area contributed by atoms with Gasteiger partial charge in [-0.1, -0.05) is 5.16 Å². The standard InChI is InChI=1S/C16H23N3O/c17-13(12-1-2-12)14-18-15(19-20-14)16-6-9-3-10(7-16)5-11(4-9)8-16/h9-13H,1-8,17H2. The minimum Gasteiger partial charge on any atom is -0.338 e. The van der Waals surface area contributed by atoms with E-state index in [-0.39, 0.29) is 11.5 Å². The van der Waals surface area contributed by atoms with Gasteiger partial charge in [-0.25, -0.2) is 0 Å². The normalized spacial score (nSPS) is 44.0. The Morgan fingerprint density at radius 2 is 1.65 bits per heavy atom. The van der Waals surface area contributed by atoms with E-state index in [9.17, 15) is 0 Å². The molecule has 5 saturated carbocycles. The average molecular weight is 273 g/mol. The first-order chi connectivity index (χ1) is 9.72. The number of rotatable bonds is 3. The van der Waals surface area contributed by atoms with Gasteiger partial charge >= 0.3 is 0 Å². The Labute approximate surface area is 119 Å². The molecule has 0 saturated heterocycles. The lowest BCUT2D eigenvalue weighted by Crippen LogP contribution is -2.49. The van der Waals surface area contributed by atoms with E-state index >= 15 is 0 Å². The molecule has 5 fully saturated rings. The number of hydrogen-bond donors (Lipinski definition) is 1. The van der Waals surface area contributed by atoms with E-state index in [1.807, 2.05) is 0 Å². The van der Waals surface area contributed by atoms with Crippen LogP contribution >= 0.6 is 0 Å². The van der Waals surface area contributed by atoms with Crippen molar-refractivity contribution in [2.75, 3.05) is 0 Å². The molecule has 1 aromatic heterocycles. The maximum absolute atomic E-state index is 6.21. The van der Waals surface area contributed by atoms with Gasteiger partial charge in [0, 0.05) is 5.41 Å². The molecule has 1 aromatic rings.